The van der Waals surface area contributed by atoms with E-state index in [9.17, 15) is 4.79 Å². The van der Waals surface area contributed by atoms with E-state index in [0.717, 1.165) is 25.6 Å². The summed E-state index contributed by atoms with van der Waals surface area (Å²) in [6, 6.07) is 10.2. The highest BCUT2D eigenvalue weighted by atomic mass is 16.5. The van der Waals surface area contributed by atoms with Gasteiger partial charge < -0.3 is 10.1 Å². The Labute approximate surface area is 121 Å². The molecule has 0 aromatic heterocycles. The number of carbonyl (C=O) groups is 1. The average Bonchev–Trinajstić information content (AvgIpc) is 3.28. The molecular formula is C16H24N2O2. The first-order chi connectivity index (χ1) is 9.78. The first-order valence-corrected chi connectivity index (χ1v) is 7.30. The minimum absolute atomic E-state index is 0.115. The van der Waals surface area contributed by atoms with Gasteiger partial charge in [0.1, 0.15) is 0 Å². The molecule has 4 nitrogen and oxygen atoms in total. The number of amides is 1. The van der Waals surface area contributed by atoms with Gasteiger partial charge in [-0.2, -0.15) is 0 Å². The number of carbonyl (C=O) groups excluding carboxylic acids is 1. The molecule has 0 radical (unpaired) electrons. The van der Waals surface area contributed by atoms with E-state index in [0.29, 0.717) is 13.2 Å². The fraction of sp³-hybridized carbons (Fsp3) is 0.562. The van der Waals surface area contributed by atoms with Crippen LogP contribution in [-0.2, 0) is 16.1 Å². The third kappa shape index (κ3) is 5.72. The molecule has 0 aliphatic heterocycles. The molecule has 0 unspecified atom stereocenters. The Morgan fingerprint density at radius 1 is 1.35 bits per heavy atom. The van der Waals surface area contributed by atoms with Crippen molar-refractivity contribution < 1.29 is 9.53 Å². The van der Waals surface area contributed by atoms with Gasteiger partial charge >= 0.3 is 0 Å². The average molecular weight is 276 g/mol. The van der Waals surface area contributed by atoms with E-state index in [4.69, 9.17) is 4.74 Å². The van der Waals surface area contributed by atoms with E-state index in [1.54, 1.807) is 7.11 Å². The second-order valence-corrected chi connectivity index (χ2v) is 5.44. The van der Waals surface area contributed by atoms with Gasteiger partial charge in [-0.05, 0) is 24.3 Å². The van der Waals surface area contributed by atoms with Crippen LogP contribution < -0.4 is 5.32 Å². The molecule has 0 atom stereocenters. The van der Waals surface area contributed by atoms with Gasteiger partial charge in [-0.3, -0.25) is 9.69 Å². The maximum absolute atomic E-state index is 11.9. The number of benzene rings is 1. The number of hydrogen-bond acceptors (Lipinski definition) is 3. The molecule has 0 heterocycles. The molecule has 0 saturated heterocycles. The highest BCUT2D eigenvalue weighted by molar-refractivity contribution is 5.78. The van der Waals surface area contributed by atoms with Gasteiger partial charge in [0.05, 0.1) is 13.2 Å². The Balaban J connectivity index is 1.80. The van der Waals surface area contributed by atoms with E-state index < -0.39 is 0 Å². The van der Waals surface area contributed by atoms with E-state index in [2.05, 4.69) is 22.3 Å². The molecule has 0 spiro atoms. The highest BCUT2D eigenvalue weighted by Gasteiger charge is 2.22. The zero-order valence-electron chi connectivity index (χ0n) is 12.2. The molecular weight excluding hydrogens is 252 g/mol. The second kappa shape index (κ2) is 8.02. The van der Waals surface area contributed by atoms with Crippen molar-refractivity contribution in [2.24, 2.45) is 5.92 Å². The number of ether oxygens (including phenoxy) is 1. The lowest BCUT2D eigenvalue weighted by atomic mass is 10.2. The lowest BCUT2D eigenvalue weighted by Crippen LogP contribution is -2.39. The summed E-state index contributed by atoms with van der Waals surface area (Å²) < 4.78 is 5.13. The molecule has 1 aliphatic carbocycles. The van der Waals surface area contributed by atoms with Gasteiger partial charge in [-0.15, -0.1) is 0 Å². The first kappa shape index (κ1) is 15.0. The lowest BCUT2D eigenvalue weighted by Gasteiger charge is -2.21. The van der Waals surface area contributed by atoms with Crippen LogP contribution in [0.25, 0.3) is 0 Å². The van der Waals surface area contributed by atoms with Gasteiger partial charge in [0.2, 0.25) is 5.91 Å². The molecule has 20 heavy (non-hydrogen) atoms. The van der Waals surface area contributed by atoms with Crippen LogP contribution in [0.5, 0.6) is 0 Å². The van der Waals surface area contributed by atoms with Crippen LogP contribution in [0.3, 0.4) is 0 Å². The summed E-state index contributed by atoms with van der Waals surface area (Å²) in [4.78, 5) is 14.1. The Bertz CT molecular complexity index is 404. The number of hydrogen-bond donors (Lipinski definition) is 1. The zero-order valence-corrected chi connectivity index (χ0v) is 12.2. The molecule has 1 amide bonds. The summed E-state index contributed by atoms with van der Waals surface area (Å²) in [6.45, 7) is 3.46. The number of nitrogens with one attached hydrogen (secondary N) is 1. The first-order valence-electron chi connectivity index (χ1n) is 7.30. The Morgan fingerprint density at radius 2 is 2.10 bits per heavy atom. The molecule has 1 aliphatic rings. The van der Waals surface area contributed by atoms with E-state index in [1.165, 1.54) is 18.4 Å². The van der Waals surface area contributed by atoms with Crippen molar-refractivity contribution in [3.63, 3.8) is 0 Å². The van der Waals surface area contributed by atoms with Crippen LogP contribution in [0.2, 0.25) is 0 Å². The van der Waals surface area contributed by atoms with Crippen LogP contribution in [-0.4, -0.2) is 44.2 Å². The van der Waals surface area contributed by atoms with Gasteiger partial charge in [0, 0.05) is 26.7 Å². The minimum Gasteiger partial charge on any atom is -0.383 e. The predicted octanol–water partition coefficient (Wildman–Crippen LogP) is 1.66. The summed E-state index contributed by atoms with van der Waals surface area (Å²) in [5.41, 5.74) is 1.22. The number of methoxy groups -OCH3 is 1. The molecule has 1 N–H and O–H groups in total. The molecule has 1 fully saturated rings. The van der Waals surface area contributed by atoms with Crippen LogP contribution in [0.1, 0.15) is 18.4 Å². The largest absolute Gasteiger partial charge is 0.383 e. The van der Waals surface area contributed by atoms with E-state index >= 15 is 0 Å². The lowest BCUT2D eigenvalue weighted by molar-refractivity contribution is -0.122. The highest BCUT2D eigenvalue weighted by Crippen LogP contribution is 2.27. The van der Waals surface area contributed by atoms with Crippen molar-refractivity contribution in [1.82, 2.24) is 10.2 Å². The Kier molecular flexibility index (Phi) is 6.02. The zero-order chi connectivity index (χ0) is 14.2. The molecule has 0 bridgehead atoms. The second-order valence-electron chi connectivity index (χ2n) is 5.44. The van der Waals surface area contributed by atoms with E-state index in [1.807, 2.05) is 18.2 Å². The number of nitrogens with zero attached hydrogens (tertiary/aromatic N) is 1. The van der Waals surface area contributed by atoms with Crippen molar-refractivity contribution in [3.05, 3.63) is 35.9 Å². The molecule has 1 aromatic carbocycles. The molecule has 1 aromatic rings. The van der Waals surface area contributed by atoms with Crippen LogP contribution in [0.4, 0.5) is 0 Å². The normalized spacial score (nSPS) is 14.5. The van der Waals surface area contributed by atoms with Crippen LogP contribution in [0.15, 0.2) is 30.3 Å². The fourth-order valence-corrected chi connectivity index (χ4v) is 2.12. The van der Waals surface area contributed by atoms with Gasteiger partial charge in [0.25, 0.3) is 0 Å². The van der Waals surface area contributed by atoms with Crippen molar-refractivity contribution in [2.45, 2.75) is 19.4 Å². The Hall–Kier alpha value is -1.39. The summed E-state index contributed by atoms with van der Waals surface area (Å²) in [7, 11) is 1.69. The predicted molar refractivity (Wildman–Crippen MR) is 79.3 cm³/mol. The maximum Gasteiger partial charge on any atom is 0.234 e. The monoisotopic (exact) mass is 276 g/mol. The van der Waals surface area contributed by atoms with Crippen molar-refractivity contribution in [1.29, 1.82) is 0 Å². The molecule has 1 saturated carbocycles. The Morgan fingerprint density at radius 3 is 2.75 bits per heavy atom. The number of rotatable bonds is 9. The quantitative estimate of drug-likeness (QED) is 0.746. The van der Waals surface area contributed by atoms with Crippen molar-refractivity contribution in [2.75, 3.05) is 33.4 Å². The summed E-state index contributed by atoms with van der Waals surface area (Å²) >= 11 is 0. The summed E-state index contributed by atoms with van der Waals surface area (Å²) in [5.74, 6) is 0.837. The van der Waals surface area contributed by atoms with Gasteiger partial charge in [-0.1, -0.05) is 30.3 Å². The fourth-order valence-electron chi connectivity index (χ4n) is 2.12. The van der Waals surface area contributed by atoms with E-state index in [-0.39, 0.29) is 5.91 Å². The van der Waals surface area contributed by atoms with Crippen molar-refractivity contribution in [3.8, 4) is 0 Å². The third-order valence-electron chi connectivity index (χ3n) is 3.51. The topological polar surface area (TPSA) is 41.6 Å². The summed E-state index contributed by atoms with van der Waals surface area (Å²) in [5, 5.41) is 3.02. The van der Waals surface area contributed by atoms with Crippen LogP contribution >= 0.6 is 0 Å². The standard InChI is InChI=1S/C16H24N2O2/c1-20-10-9-18(12-15-5-3-2-4-6-15)13-16(19)17-11-14-7-8-14/h2-6,14H,7-13H2,1H3,(H,17,19). The molecule has 2 rings (SSSR count). The molecule has 110 valence electrons. The minimum atomic E-state index is 0.115. The summed E-state index contributed by atoms with van der Waals surface area (Å²) in [6.07, 6.45) is 2.52. The van der Waals surface area contributed by atoms with Gasteiger partial charge in [0.15, 0.2) is 0 Å². The SMILES string of the molecule is COCCN(CC(=O)NCC1CC1)Cc1ccccc1. The van der Waals surface area contributed by atoms with Crippen molar-refractivity contribution >= 4 is 5.91 Å². The molecule has 4 heteroatoms. The maximum atomic E-state index is 11.9. The smallest absolute Gasteiger partial charge is 0.234 e. The third-order valence-corrected chi connectivity index (χ3v) is 3.51. The van der Waals surface area contributed by atoms with Crippen LogP contribution in [0, 0.1) is 5.92 Å². The van der Waals surface area contributed by atoms with Gasteiger partial charge in [-0.25, -0.2) is 0 Å².